The van der Waals surface area contributed by atoms with Gasteiger partial charge < -0.3 is 5.32 Å². The molecular weight excluding hydrogens is 422 g/mol. The average molecular weight is 448 g/mol. The molecule has 29 heavy (non-hydrogen) atoms. The van der Waals surface area contributed by atoms with Crippen LogP contribution in [0.4, 0.5) is 0 Å². The van der Waals surface area contributed by atoms with E-state index in [1.165, 1.54) is 22.2 Å². The maximum Gasteiger partial charge on any atom is 0.263 e. The highest BCUT2D eigenvalue weighted by molar-refractivity contribution is 7.99. The number of carbonyl (C=O) groups is 1. The minimum atomic E-state index is -0.0489. The van der Waals surface area contributed by atoms with E-state index in [0.29, 0.717) is 17.6 Å². The molecule has 0 saturated carbocycles. The van der Waals surface area contributed by atoms with Gasteiger partial charge in [0.25, 0.3) is 5.56 Å². The van der Waals surface area contributed by atoms with Gasteiger partial charge in [0, 0.05) is 16.3 Å². The highest BCUT2D eigenvalue weighted by Crippen LogP contribution is 2.36. The second-order valence-corrected chi connectivity index (χ2v) is 10.6. The molecule has 0 radical (unpaired) electrons. The van der Waals surface area contributed by atoms with Crippen LogP contribution >= 0.6 is 34.4 Å². The largest absolute Gasteiger partial charge is 0.348 e. The highest BCUT2D eigenvalue weighted by Gasteiger charge is 2.24. The van der Waals surface area contributed by atoms with E-state index in [2.05, 4.69) is 12.2 Å². The molecule has 2 atom stereocenters. The zero-order valence-corrected chi connectivity index (χ0v) is 19.3. The number of amides is 1. The molecule has 0 fully saturated rings. The Labute approximate surface area is 182 Å². The molecule has 3 aromatic rings. The lowest BCUT2D eigenvalue weighted by Gasteiger charge is -2.17. The van der Waals surface area contributed by atoms with Crippen LogP contribution in [-0.4, -0.2) is 21.2 Å². The summed E-state index contributed by atoms with van der Waals surface area (Å²) in [6, 6.07) is 3.99. The number of rotatable bonds is 6. The minimum absolute atomic E-state index is 0.0158. The second kappa shape index (κ2) is 8.62. The van der Waals surface area contributed by atoms with E-state index in [1.807, 2.05) is 31.4 Å². The van der Waals surface area contributed by atoms with Crippen LogP contribution in [0.25, 0.3) is 10.2 Å². The van der Waals surface area contributed by atoms with Crippen LogP contribution in [0.3, 0.4) is 0 Å². The summed E-state index contributed by atoms with van der Waals surface area (Å²) in [7, 11) is 0. The molecule has 1 N–H and O–H groups in total. The molecule has 0 saturated heterocycles. The Balaban J connectivity index is 1.55. The van der Waals surface area contributed by atoms with Crippen molar-refractivity contribution in [2.45, 2.75) is 57.8 Å². The molecule has 8 heteroatoms. The molecule has 4 rings (SSSR count). The average Bonchev–Trinajstić information content (AvgIpc) is 3.33. The molecule has 0 bridgehead atoms. The Hall–Kier alpha value is -1.64. The molecular formula is C21H25N3O2S3. The fourth-order valence-corrected chi connectivity index (χ4v) is 6.85. The molecule has 154 valence electrons. The van der Waals surface area contributed by atoms with Gasteiger partial charge in [-0.3, -0.25) is 14.2 Å². The number of thioether (sulfide) groups is 1. The number of aromatic nitrogens is 2. The summed E-state index contributed by atoms with van der Waals surface area (Å²) in [4.78, 5) is 33.7. The Morgan fingerprint density at radius 2 is 2.31 bits per heavy atom. The molecule has 1 aliphatic carbocycles. The zero-order valence-electron chi connectivity index (χ0n) is 16.9. The van der Waals surface area contributed by atoms with E-state index < -0.39 is 0 Å². The SMILES string of the molecule is CCn1c(SCC(=O)NC(C)c2cccs2)nc2sc3c(c2c1=O)CCC(C)C3. The van der Waals surface area contributed by atoms with E-state index in [4.69, 9.17) is 4.98 Å². The van der Waals surface area contributed by atoms with Crippen LogP contribution in [0.1, 0.15) is 48.6 Å². The van der Waals surface area contributed by atoms with Crippen molar-refractivity contribution in [2.24, 2.45) is 5.92 Å². The minimum Gasteiger partial charge on any atom is -0.348 e. The normalized spacial score (nSPS) is 17.3. The highest BCUT2D eigenvalue weighted by atomic mass is 32.2. The Morgan fingerprint density at radius 1 is 1.48 bits per heavy atom. The lowest BCUT2D eigenvalue weighted by Crippen LogP contribution is -2.28. The van der Waals surface area contributed by atoms with E-state index >= 15 is 0 Å². The lowest BCUT2D eigenvalue weighted by atomic mass is 9.89. The van der Waals surface area contributed by atoms with Gasteiger partial charge in [-0.1, -0.05) is 24.8 Å². The van der Waals surface area contributed by atoms with Crippen LogP contribution in [0, 0.1) is 5.92 Å². The molecule has 3 aromatic heterocycles. The number of hydrogen-bond acceptors (Lipinski definition) is 6. The van der Waals surface area contributed by atoms with Gasteiger partial charge in [0.2, 0.25) is 5.91 Å². The van der Waals surface area contributed by atoms with Crippen LogP contribution < -0.4 is 10.9 Å². The number of hydrogen-bond donors (Lipinski definition) is 1. The molecule has 0 aliphatic heterocycles. The number of aryl methyl sites for hydroxylation is 1. The maximum absolute atomic E-state index is 13.2. The van der Waals surface area contributed by atoms with Crippen molar-refractivity contribution in [3.05, 3.63) is 43.2 Å². The van der Waals surface area contributed by atoms with Gasteiger partial charge >= 0.3 is 0 Å². The third-order valence-corrected chi connectivity index (χ3v) is 8.56. The summed E-state index contributed by atoms with van der Waals surface area (Å²) in [5.74, 6) is 0.856. The monoisotopic (exact) mass is 447 g/mol. The van der Waals surface area contributed by atoms with Gasteiger partial charge in [-0.25, -0.2) is 4.98 Å². The third kappa shape index (κ3) is 4.15. The smallest absolute Gasteiger partial charge is 0.263 e. The summed E-state index contributed by atoms with van der Waals surface area (Å²) in [6.45, 7) is 6.76. The first kappa shape index (κ1) is 20.6. The predicted octanol–water partition coefficient (Wildman–Crippen LogP) is 4.63. The molecule has 1 aliphatic rings. The molecule has 1 amide bonds. The summed E-state index contributed by atoms with van der Waals surface area (Å²) in [5, 5.41) is 6.47. The van der Waals surface area contributed by atoms with Crippen molar-refractivity contribution in [3.8, 4) is 0 Å². The summed E-state index contributed by atoms with van der Waals surface area (Å²) >= 11 is 4.63. The Morgan fingerprint density at radius 3 is 3.03 bits per heavy atom. The van der Waals surface area contributed by atoms with Crippen molar-refractivity contribution in [1.82, 2.24) is 14.9 Å². The topological polar surface area (TPSA) is 64.0 Å². The van der Waals surface area contributed by atoms with E-state index in [-0.39, 0.29) is 23.3 Å². The van der Waals surface area contributed by atoms with Gasteiger partial charge in [0.1, 0.15) is 4.83 Å². The van der Waals surface area contributed by atoms with E-state index in [0.717, 1.165) is 34.4 Å². The van der Waals surface area contributed by atoms with Crippen molar-refractivity contribution >= 4 is 50.6 Å². The zero-order chi connectivity index (χ0) is 20.5. The fraction of sp³-hybridized carbons (Fsp3) is 0.476. The van der Waals surface area contributed by atoms with Gasteiger partial charge in [-0.15, -0.1) is 22.7 Å². The quantitative estimate of drug-likeness (QED) is 0.442. The van der Waals surface area contributed by atoms with Gasteiger partial charge in [0.15, 0.2) is 5.16 Å². The van der Waals surface area contributed by atoms with Crippen molar-refractivity contribution in [1.29, 1.82) is 0 Å². The first-order valence-electron chi connectivity index (χ1n) is 9.98. The number of carbonyl (C=O) groups excluding carboxylic acids is 1. The van der Waals surface area contributed by atoms with E-state index in [1.54, 1.807) is 27.2 Å². The third-order valence-electron chi connectivity index (χ3n) is 5.38. The van der Waals surface area contributed by atoms with Gasteiger partial charge in [-0.2, -0.15) is 0 Å². The molecule has 0 spiro atoms. The number of fused-ring (bicyclic) bond motifs is 3. The number of nitrogens with zero attached hydrogens (tertiary/aromatic N) is 2. The van der Waals surface area contributed by atoms with Gasteiger partial charge in [0.05, 0.1) is 17.2 Å². The van der Waals surface area contributed by atoms with Gasteiger partial charge in [-0.05, 0) is 56.0 Å². The number of thiophene rings is 2. The Bertz CT molecular complexity index is 1080. The Kier molecular flexibility index (Phi) is 6.13. The summed E-state index contributed by atoms with van der Waals surface area (Å²) in [6.07, 6.45) is 3.13. The second-order valence-electron chi connectivity index (χ2n) is 7.57. The van der Waals surface area contributed by atoms with Crippen LogP contribution in [0.5, 0.6) is 0 Å². The first-order valence-corrected chi connectivity index (χ1v) is 12.7. The fourth-order valence-electron chi connectivity index (χ4n) is 3.82. The summed E-state index contributed by atoms with van der Waals surface area (Å²) in [5.41, 5.74) is 1.25. The molecule has 0 aromatic carbocycles. The van der Waals surface area contributed by atoms with Crippen LogP contribution in [0.2, 0.25) is 0 Å². The predicted molar refractivity (Wildman–Crippen MR) is 122 cm³/mol. The van der Waals surface area contributed by atoms with Crippen molar-refractivity contribution < 1.29 is 4.79 Å². The standard InChI is InChI=1S/C21H25N3O2S3/c1-4-24-20(26)18-14-8-7-12(2)10-16(14)29-19(18)23-21(24)28-11-17(25)22-13(3)15-6-5-9-27-15/h5-6,9,12-13H,4,7-8,10-11H2,1-3H3,(H,22,25). The van der Waals surface area contributed by atoms with E-state index in [9.17, 15) is 9.59 Å². The molecule has 2 unspecified atom stereocenters. The molecule has 5 nitrogen and oxygen atoms in total. The van der Waals surface area contributed by atoms with Crippen LogP contribution in [0.15, 0.2) is 27.5 Å². The lowest BCUT2D eigenvalue weighted by molar-refractivity contribution is -0.119. The summed E-state index contributed by atoms with van der Waals surface area (Å²) < 4.78 is 1.72. The van der Waals surface area contributed by atoms with Crippen molar-refractivity contribution in [3.63, 3.8) is 0 Å². The maximum atomic E-state index is 13.2. The number of nitrogens with one attached hydrogen (secondary N) is 1. The van der Waals surface area contributed by atoms with Crippen molar-refractivity contribution in [2.75, 3.05) is 5.75 Å². The van der Waals surface area contributed by atoms with Crippen LogP contribution in [-0.2, 0) is 24.2 Å². The first-order chi connectivity index (χ1) is 14.0. The molecule has 3 heterocycles.